The van der Waals surface area contributed by atoms with Crippen molar-refractivity contribution in [2.45, 2.75) is 26.3 Å². The van der Waals surface area contributed by atoms with Gasteiger partial charge in [0.25, 0.3) is 0 Å². The van der Waals surface area contributed by atoms with Crippen LogP contribution in [0.4, 0.5) is 0 Å². The Morgan fingerprint density at radius 1 is 1.61 bits per heavy atom. The number of hydrogen-bond acceptors (Lipinski definition) is 4. The molecule has 1 aromatic rings. The van der Waals surface area contributed by atoms with Crippen molar-refractivity contribution in [3.8, 4) is 0 Å². The molecule has 1 saturated heterocycles. The zero-order valence-corrected chi connectivity index (χ0v) is 11.1. The minimum Gasteiger partial charge on any atom is -0.465 e. The molecule has 1 unspecified atom stereocenters. The molecule has 98 valence electrons. The maximum Gasteiger partial charge on any atom is 0.339 e. The smallest absolute Gasteiger partial charge is 0.339 e. The molecule has 1 aliphatic heterocycles. The molecule has 2 heterocycles. The lowest BCUT2D eigenvalue weighted by Gasteiger charge is -2.30. The standard InChI is InChI=1S/C14H20N2O2/c1-11-5-4-8-16(9-11)10-13-12(14(17)18-2)6-3-7-15-13/h3,6-7,11H,4-5,8-10H2,1-2H3. The van der Waals surface area contributed by atoms with Crippen LogP contribution in [0.25, 0.3) is 0 Å². The number of aromatic nitrogens is 1. The molecule has 0 N–H and O–H groups in total. The zero-order chi connectivity index (χ0) is 13.0. The molecule has 0 saturated carbocycles. The number of ether oxygens (including phenoxy) is 1. The molecule has 2 rings (SSSR count). The summed E-state index contributed by atoms with van der Waals surface area (Å²) in [4.78, 5) is 18.3. The summed E-state index contributed by atoms with van der Waals surface area (Å²) in [6.07, 6.45) is 4.25. The topological polar surface area (TPSA) is 42.4 Å². The summed E-state index contributed by atoms with van der Waals surface area (Å²) in [7, 11) is 1.40. The first kappa shape index (κ1) is 13.0. The van der Waals surface area contributed by atoms with Gasteiger partial charge in [-0.25, -0.2) is 4.79 Å². The Labute approximate surface area is 108 Å². The van der Waals surface area contributed by atoms with Gasteiger partial charge in [0.05, 0.1) is 18.4 Å². The minimum atomic E-state index is -0.303. The van der Waals surface area contributed by atoms with Crippen molar-refractivity contribution in [1.29, 1.82) is 0 Å². The molecule has 1 aliphatic rings. The van der Waals surface area contributed by atoms with Gasteiger partial charge >= 0.3 is 5.97 Å². The van der Waals surface area contributed by atoms with Crippen molar-refractivity contribution in [2.75, 3.05) is 20.2 Å². The van der Waals surface area contributed by atoms with Crippen molar-refractivity contribution in [3.05, 3.63) is 29.6 Å². The second-order valence-electron chi connectivity index (χ2n) is 4.97. The molecule has 1 aromatic heterocycles. The summed E-state index contributed by atoms with van der Waals surface area (Å²) in [5.41, 5.74) is 1.40. The fourth-order valence-corrected chi connectivity index (χ4v) is 2.50. The Balaban J connectivity index is 2.10. The number of likely N-dealkylation sites (tertiary alicyclic amines) is 1. The van der Waals surface area contributed by atoms with Gasteiger partial charge in [0.15, 0.2) is 0 Å². The highest BCUT2D eigenvalue weighted by Crippen LogP contribution is 2.18. The third-order valence-electron chi connectivity index (χ3n) is 3.41. The van der Waals surface area contributed by atoms with Crippen molar-refractivity contribution in [1.82, 2.24) is 9.88 Å². The number of methoxy groups -OCH3 is 1. The minimum absolute atomic E-state index is 0.303. The van der Waals surface area contributed by atoms with E-state index in [0.717, 1.165) is 31.2 Å². The third kappa shape index (κ3) is 3.07. The molecule has 1 atom stereocenters. The number of hydrogen-bond donors (Lipinski definition) is 0. The highest BCUT2D eigenvalue weighted by atomic mass is 16.5. The van der Waals surface area contributed by atoms with Gasteiger partial charge < -0.3 is 4.74 Å². The number of nitrogens with zero attached hydrogens (tertiary/aromatic N) is 2. The molecular weight excluding hydrogens is 228 g/mol. The molecule has 0 bridgehead atoms. The van der Waals surface area contributed by atoms with Gasteiger partial charge in [0.1, 0.15) is 0 Å². The summed E-state index contributed by atoms with van der Waals surface area (Å²) >= 11 is 0. The summed E-state index contributed by atoms with van der Waals surface area (Å²) in [6.45, 7) is 5.17. The van der Waals surface area contributed by atoms with Gasteiger partial charge in [0, 0.05) is 19.3 Å². The molecular formula is C14H20N2O2. The van der Waals surface area contributed by atoms with Crippen LogP contribution in [0.2, 0.25) is 0 Å². The Bertz CT molecular complexity index is 420. The quantitative estimate of drug-likeness (QED) is 0.768. The number of piperidine rings is 1. The first-order valence-corrected chi connectivity index (χ1v) is 6.45. The lowest BCUT2D eigenvalue weighted by molar-refractivity contribution is 0.0596. The van der Waals surface area contributed by atoms with E-state index in [0.29, 0.717) is 5.56 Å². The predicted molar refractivity (Wildman–Crippen MR) is 69.3 cm³/mol. The van der Waals surface area contributed by atoms with Gasteiger partial charge in [0.2, 0.25) is 0 Å². The van der Waals surface area contributed by atoms with E-state index in [1.165, 1.54) is 20.0 Å². The van der Waals surface area contributed by atoms with E-state index in [9.17, 15) is 4.79 Å². The average Bonchev–Trinajstić information content (AvgIpc) is 2.38. The summed E-state index contributed by atoms with van der Waals surface area (Å²) in [5.74, 6) is 0.423. The van der Waals surface area contributed by atoms with Gasteiger partial charge in [-0.3, -0.25) is 9.88 Å². The van der Waals surface area contributed by atoms with Crippen LogP contribution in [0.5, 0.6) is 0 Å². The number of carbonyl (C=O) groups excluding carboxylic acids is 1. The Hall–Kier alpha value is -1.42. The van der Waals surface area contributed by atoms with Crippen LogP contribution in [-0.2, 0) is 11.3 Å². The first-order valence-electron chi connectivity index (χ1n) is 6.45. The Kier molecular flexibility index (Phi) is 4.31. The third-order valence-corrected chi connectivity index (χ3v) is 3.41. The Morgan fingerprint density at radius 3 is 3.17 bits per heavy atom. The van der Waals surface area contributed by atoms with E-state index < -0.39 is 0 Å². The van der Waals surface area contributed by atoms with Crippen LogP contribution >= 0.6 is 0 Å². The molecule has 0 aliphatic carbocycles. The highest BCUT2D eigenvalue weighted by Gasteiger charge is 2.19. The van der Waals surface area contributed by atoms with E-state index in [-0.39, 0.29) is 5.97 Å². The van der Waals surface area contributed by atoms with E-state index in [2.05, 4.69) is 16.8 Å². The summed E-state index contributed by atoms with van der Waals surface area (Å²) in [6, 6.07) is 3.55. The number of esters is 1. The van der Waals surface area contributed by atoms with Gasteiger partial charge in [-0.2, -0.15) is 0 Å². The predicted octanol–water partition coefficient (Wildman–Crippen LogP) is 2.10. The molecule has 0 spiro atoms. The fraction of sp³-hybridized carbons (Fsp3) is 0.571. The van der Waals surface area contributed by atoms with Crippen LogP contribution in [0, 0.1) is 5.92 Å². The molecule has 18 heavy (non-hydrogen) atoms. The lowest BCUT2D eigenvalue weighted by Crippen LogP contribution is -2.34. The number of rotatable bonds is 3. The van der Waals surface area contributed by atoms with Crippen LogP contribution in [0.3, 0.4) is 0 Å². The Morgan fingerprint density at radius 2 is 2.44 bits per heavy atom. The lowest BCUT2D eigenvalue weighted by atomic mass is 10.00. The fourth-order valence-electron chi connectivity index (χ4n) is 2.50. The maximum atomic E-state index is 11.7. The highest BCUT2D eigenvalue weighted by molar-refractivity contribution is 5.90. The molecule has 4 heteroatoms. The molecule has 0 aromatic carbocycles. The second kappa shape index (κ2) is 5.96. The SMILES string of the molecule is COC(=O)c1cccnc1CN1CCCC(C)C1. The van der Waals surface area contributed by atoms with Crippen LogP contribution < -0.4 is 0 Å². The first-order chi connectivity index (χ1) is 8.70. The molecule has 4 nitrogen and oxygen atoms in total. The largest absolute Gasteiger partial charge is 0.465 e. The molecule has 0 amide bonds. The summed E-state index contributed by atoms with van der Waals surface area (Å²) < 4.78 is 4.79. The maximum absolute atomic E-state index is 11.7. The van der Waals surface area contributed by atoms with E-state index >= 15 is 0 Å². The van der Waals surface area contributed by atoms with Crippen molar-refractivity contribution >= 4 is 5.97 Å². The monoisotopic (exact) mass is 248 g/mol. The van der Waals surface area contributed by atoms with Crippen LogP contribution in [-0.4, -0.2) is 36.1 Å². The molecule has 1 fully saturated rings. The van der Waals surface area contributed by atoms with Crippen molar-refractivity contribution in [2.24, 2.45) is 5.92 Å². The van der Waals surface area contributed by atoms with Crippen molar-refractivity contribution in [3.63, 3.8) is 0 Å². The average molecular weight is 248 g/mol. The normalized spacial score (nSPS) is 20.7. The summed E-state index contributed by atoms with van der Waals surface area (Å²) in [5, 5.41) is 0. The molecule has 0 radical (unpaired) electrons. The number of pyridine rings is 1. The second-order valence-corrected chi connectivity index (χ2v) is 4.97. The zero-order valence-electron chi connectivity index (χ0n) is 11.1. The van der Waals surface area contributed by atoms with Gasteiger partial charge in [-0.1, -0.05) is 6.92 Å². The number of carbonyl (C=O) groups is 1. The van der Waals surface area contributed by atoms with E-state index in [1.54, 1.807) is 18.3 Å². The van der Waals surface area contributed by atoms with Crippen LogP contribution in [0.15, 0.2) is 18.3 Å². The van der Waals surface area contributed by atoms with E-state index in [1.807, 2.05) is 0 Å². The van der Waals surface area contributed by atoms with Gasteiger partial charge in [-0.15, -0.1) is 0 Å². The van der Waals surface area contributed by atoms with Gasteiger partial charge in [-0.05, 0) is 37.4 Å². The van der Waals surface area contributed by atoms with Crippen molar-refractivity contribution < 1.29 is 9.53 Å². The van der Waals surface area contributed by atoms with Crippen LogP contribution in [0.1, 0.15) is 35.8 Å². The van der Waals surface area contributed by atoms with E-state index in [4.69, 9.17) is 4.74 Å².